The maximum Gasteiger partial charge on any atom is 0.414 e. The number of carboxylic acid groups (broad SMARTS) is 1. The van der Waals surface area contributed by atoms with Crippen LogP contribution in [0.1, 0.15) is 26.5 Å². The van der Waals surface area contributed by atoms with Crippen LogP contribution in [0.3, 0.4) is 0 Å². The van der Waals surface area contributed by atoms with Gasteiger partial charge in [0, 0.05) is 5.69 Å². The molecule has 1 aromatic carbocycles. The number of carbonyl (C=O) groups is 3. The molecule has 0 unspecified atom stereocenters. The van der Waals surface area contributed by atoms with Crippen LogP contribution in [0, 0.1) is 6.92 Å². The lowest BCUT2D eigenvalue weighted by Gasteiger charge is -2.13. The third kappa shape index (κ3) is 3.39. The molecular formula is C17H12Cl2N4O5S. The van der Waals surface area contributed by atoms with Crippen LogP contribution in [0.2, 0.25) is 10.0 Å². The molecule has 1 aliphatic heterocycles. The molecule has 3 N–H and O–H groups in total. The van der Waals surface area contributed by atoms with Crippen LogP contribution in [0.5, 0.6) is 0 Å². The van der Waals surface area contributed by atoms with Gasteiger partial charge in [-0.05, 0) is 19.1 Å². The van der Waals surface area contributed by atoms with Crippen LogP contribution >= 0.6 is 34.5 Å². The maximum absolute atomic E-state index is 12.5. The number of carbonyl (C=O) groups excluding carboxylic acids is 2. The number of amides is 2. The maximum atomic E-state index is 12.5. The van der Waals surface area contributed by atoms with E-state index in [9.17, 15) is 19.5 Å². The summed E-state index contributed by atoms with van der Waals surface area (Å²) < 4.78 is 5.43. The molecule has 4 rings (SSSR count). The molecule has 0 atom stereocenters. The molecule has 3 aromatic rings. The third-order valence-corrected chi connectivity index (χ3v) is 6.14. The lowest BCUT2D eigenvalue weighted by molar-refractivity contribution is 0.0696. The summed E-state index contributed by atoms with van der Waals surface area (Å²) in [5, 5.41) is 12.6. The molecule has 2 amide bonds. The average molecular weight is 455 g/mol. The largest absolute Gasteiger partial charge is 0.478 e. The summed E-state index contributed by atoms with van der Waals surface area (Å²) in [5.74, 6) is -1.70. The Morgan fingerprint density at radius 3 is 2.69 bits per heavy atom. The Balaban J connectivity index is 1.75. The number of aromatic amines is 1. The van der Waals surface area contributed by atoms with Crippen molar-refractivity contribution in [3.8, 4) is 0 Å². The standard InChI is InChI=1S/C17H12Cl2N4O5S/c1-6-10(18)11(19)13(20-6)14(24)22-16-21-12-8(23-2-3-28-17(23)27)4-7(15(25)26)5-9(12)29-16/h4-5,20H,2-3H2,1H3,(H,25,26)(H,21,22,24). The first-order valence-corrected chi connectivity index (χ1v) is 9.80. The molecule has 1 fully saturated rings. The highest BCUT2D eigenvalue weighted by atomic mass is 35.5. The first kappa shape index (κ1) is 19.5. The van der Waals surface area contributed by atoms with Gasteiger partial charge in [-0.2, -0.15) is 0 Å². The van der Waals surface area contributed by atoms with E-state index in [4.69, 9.17) is 27.9 Å². The van der Waals surface area contributed by atoms with Gasteiger partial charge in [-0.15, -0.1) is 0 Å². The monoisotopic (exact) mass is 454 g/mol. The Morgan fingerprint density at radius 2 is 2.10 bits per heavy atom. The number of aromatic carboxylic acids is 1. The van der Waals surface area contributed by atoms with Gasteiger partial charge in [0.05, 0.1) is 32.5 Å². The van der Waals surface area contributed by atoms with Crippen molar-refractivity contribution in [2.24, 2.45) is 0 Å². The molecule has 2 aromatic heterocycles. The normalized spacial score (nSPS) is 13.8. The molecule has 1 aliphatic rings. The molecule has 0 saturated carbocycles. The predicted molar refractivity (Wildman–Crippen MR) is 109 cm³/mol. The second-order valence-corrected chi connectivity index (χ2v) is 7.93. The number of hydrogen-bond donors (Lipinski definition) is 3. The van der Waals surface area contributed by atoms with Gasteiger partial charge in [-0.1, -0.05) is 34.5 Å². The Bertz CT molecular complexity index is 1190. The van der Waals surface area contributed by atoms with Crippen molar-refractivity contribution < 1.29 is 24.2 Å². The molecule has 1 saturated heterocycles. The number of rotatable bonds is 4. The number of anilines is 2. The van der Waals surface area contributed by atoms with Gasteiger partial charge in [0.15, 0.2) is 5.13 Å². The van der Waals surface area contributed by atoms with Crippen molar-refractivity contribution in [3.63, 3.8) is 0 Å². The minimum atomic E-state index is -1.15. The van der Waals surface area contributed by atoms with E-state index in [1.54, 1.807) is 6.92 Å². The highest BCUT2D eigenvalue weighted by Crippen LogP contribution is 2.36. The van der Waals surface area contributed by atoms with Gasteiger partial charge in [-0.25, -0.2) is 14.6 Å². The number of aromatic nitrogens is 2. The van der Waals surface area contributed by atoms with Crippen LogP contribution in [0.4, 0.5) is 15.6 Å². The Morgan fingerprint density at radius 1 is 1.34 bits per heavy atom. The molecule has 0 bridgehead atoms. The number of H-pyrrole nitrogens is 1. The van der Waals surface area contributed by atoms with Gasteiger partial charge in [0.2, 0.25) is 0 Å². The number of nitrogens with zero attached hydrogens (tertiary/aromatic N) is 2. The number of ether oxygens (including phenoxy) is 1. The molecular weight excluding hydrogens is 443 g/mol. The quantitative estimate of drug-likeness (QED) is 0.543. The minimum absolute atomic E-state index is 0.0106. The Labute approximate surface area is 177 Å². The lowest BCUT2D eigenvalue weighted by atomic mass is 10.1. The topological polar surface area (TPSA) is 125 Å². The molecule has 0 spiro atoms. The number of hydrogen-bond acceptors (Lipinski definition) is 6. The summed E-state index contributed by atoms with van der Waals surface area (Å²) in [6, 6.07) is 2.78. The van der Waals surface area contributed by atoms with E-state index < -0.39 is 18.0 Å². The zero-order valence-electron chi connectivity index (χ0n) is 14.7. The number of benzene rings is 1. The SMILES string of the molecule is Cc1[nH]c(C(=O)Nc2nc3c(N4CCOC4=O)cc(C(=O)O)cc3s2)c(Cl)c1Cl. The number of aryl methyl sites for hydroxylation is 1. The summed E-state index contributed by atoms with van der Waals surface area (Å²) in [5.41, 5.74) is 1.30. The summed E-state index contributed by atoms with van der Waals surface area (Å²) in [7, 11) is 0. The lowest BCUT2D eigenvalue weighted by Crippen LogP contribution is -2.24. The van der Waals surface area contributed by atoms with Crippen LogP contribution in [0.15, 0.2) is 12.1 Å². The van der Waals surface area contributed by atoms with Gasteiger partial charge in [-0.3, -0.25) is 15.0 Å². The van der Waals surface area contributed by atoms with E-state index in [1.807, 2.05) is 0 Å². The second kappa shape index (κ2) is 7.21. The van der Waals surface area contributed by atoms with Crippen LogP contribution in [0.25, 0.3) is 10.2 Å². The third-order valence-electron chi connectivity index (χ3n) is 4.27. The summed E-state index contributed by atoms with van der Waals surface area (Å²) >= 11 is 13.1. The molecule has 9 nitrogen and oxygen atoms in total. The fourth-order valence-electron chi connectivity index (χ4n) is 2.89. The molecule has 12 heteroatoms. The molecule has 0 radical (unpaired) electrons. The Hall–Kier alpha value is -2.82. The summed E-state index contributed by atoms with van der Waals surface area (Å²) in [6.45, 7) is 2.14. The fraction of sp³-hybridized carbons (Fsp3) is 0.176. The molecule has 150 valence electrons. The highest BCUT2D eigenvalue weighted by Gasteiger charge is 2.28. The van der Waals surface area contributed by atoms with E-state index in [0.29, 0.717) is 21.6 Å². The molecule has 0 aliphatic carbocycles. The number of fused-ring (bicyclic) bond motifs is 1. The van der Waals surface area contributed by atoms with E-state index in [2.05, 4.69) is 15.3 Å². The van der Waals surface area contributed by atoms with E-state index >= 15 is 0 Å². The minimum Gasteiger partial charge on any atom is -0.478 e. The summed E-state index contributed by atoms with van der Waals surface area (Å²) in [4.78, 5) is 44.5. The van der Waals surface area contributed by atoms with E-state index in [1.165, 1.54) is 17.0 Å². The van der Waals surface area contributed by atoms with Crippen molar-refractivity contribution >= 4 is 73.5 Å². The number of thiazole rings is 1. The number of nitrogens with one attached hydrogen (secondary N) is 2. The van der Waals surface area contributed by atoms with Crippen LogP contribution in [-0.2, 0) is 4.74 Å². The zero-order chi connectivity index (χ0) is 20.9. The number of cyclic esters (lactones) is 1. The summed E-state index contributed by atoms with van der Waals surface area (Å²) in [6.07, 6.45) is -0.587. The zero-order valence-corrected chi connectivity index (χ0v) is 17.0. The van der Waals surface area contributed by atoms with E-state index in [0.717, 1.165) is 11.3 Å². The van der Waals surface area contributed by atoms with E-state index in [-0.39, 0.29) is 39.6 Å². The molecule has 29 heavy (non-hydrogen) atoms. The van der Waals surface area contributed by atoms with Gasteiger partial charge in [0.1, 0.15) is 17.8 Å². The molecule has 3 heterocycles. The average Bonchev–Trinajstić information content (AvgIpc) is 3.34. The van der Waals surface area contributed by atoms with Crippen molar-refractivity contribution in [2.45, 2.75) is 6.92 Å². The van der Waals surface area contributed by atoms with Crippen LogP contribution in [-0.4, -0.2) is 46.2 Å². The van der Waals surface area contributed by atoms with Gasteiger partial charge < -0.3 is 14.8 Å². The fourth-order valence-corrected chi connectivity index (χ4v) is 4.23. The van der Waals surface area contributed by atoms with Crippen LogP contribution < -0.4 is 10.2 Å². The number of carboxylic acids is 1. The van der Waals surface area contributed by atoms with Crippen molar-refractivity contribution in [3.05, 3.63) is 39.1 Å². The number of halogens is 2. The van der Waals surface area contributed by atoms with Gasteiger partial charge >= 0.3 is 12.1 Å². The Kier molecular flexibility index (Phi) is 4.85. The van der Waals surface area contributed by atoms with Gasteiger partial charge in [0.25, 0.3) is 5.91 Å². The highest BCUT2D eigenvalue weighted by molar-refractivity contribution is 7.22. The van der Waals surface area contributed by atoms with Crippen molar-refractivity contribution in [1.82, 2.24) is 9.97 Å². The van der Waals surface area contributed by atoms with Crippen molar-refractivity contribution in [2.75, 3.05) is 23.4 Å². The predicted octanol–water partition coefficient (Wildman–Crippen LogP) is 4.15. The second-order valence-electron chi connectivity index (χ2n) is 6.14. The smallest absolute Gasteiger partial charge is 0.414 e. The first-order valence-electron chi connectivity index (χ1n) is 8.23. The first-order chi connectivity index (χ1) is 13.8. The van der Waals surface area contributed by atoms with Crippen molar-refractivity contribution in [1.29, 1.82) is 0 Å².